The maximum Gasteiger partial charge on any atom is 0.251 e. The number of methoxy groups -OCH3 is 1. The van der Waals surface area contributed by atoms with E-state index in [2.05, 4.69) is 52.2 Å². The van der Waals surface area contributed by atoms with E-state index in [1.165, 1.54) is 11.8 Å². The molecule has 3 unspecified atom stereocenters. The maximum absolute atomic E-state index is 13.5. The first-order valence-electron chi connectivity index (χ1n) is 12.0. The molecule has 0 aliphatic heterocycles. The highest BCUT2D eigenvalue weighted by Crippen LogP contribution is 2.66. The summed E-state index contributed by atoms with van der Waals surface area (Å²) in [6.45, 7) is 6.76. The van der Waals surface area contributed by atoms with Gasteiger partial charge in [-0.2, -0.15) is 0 Å². The van der Waals surface area contributed by atoms with Crippen molar-refractivity contribution in [2.24, 2.45) is 16.7 Å². The van der Waals surface area contributed by atoms with E-state index in [0.29, 0.717) is 34.0 Å². The van der Waals surface area contributed by atoms with E-state index in [0.717, 1.165) is 23.0 Å². The van der Waals surface area contributed by atoms with Crippen LogP contribution >= 0.6 is 27.7 Å². The third-order valence-electron chi connectivity index (χ3n) is 8.25. The average Bonchev–Trinajstić information content (AvgIpc) is 3.42. The summed E-state index contributed by atoms with van der Waals surface area (Å²) in [4.78, 5) is 26.2. The minimum atomic E-state index is -0.299. The number of Topliss-reactive ketones (excluding diaryl/α,β-unsaturated/α-hetero) is 1. The molecule has 1 N–H and O–H groups in total. The second-order valence-electron chi connectivity index (χ2n) is 10.2. The first-order valence-corrected chi connectivity index (χ1v) is 13.7. The Morgan fingerprint density at radius 2 is 1.83 bits per heavy atom. The Balaban J connectivity index is 1.42. The van der Waals surface area contributed by atoms with Gasteiger partial charge in [-0.05, 0) is 72.7 Å². The third-order valence-corrected chi connectivity index (χ3v) is 10.0. The number of nitrogens with one attached hydrogen (secondary N) is 1. The van der Waals surface area contributed by atoms with Gasteiger partial charge in [0.25, 0.3) is 5.91 Å². The van der Waals surface area contributed by atoms with Gasteiger partial charge in [0.15, 0.2) is 16.8 Å². The average molecular weight is 570 g/mol. The minimum Gasteiger partial charge on any atom is -0.497 e. The lowest BCUT2D eigenvalue weighted by atomic mass is 9.70. The van der Waals surface area contributed by atoms with E-state index in [4.69, 9.17) is 4.74 Å². The summed E-state index contributed by atoms with van der Waals surface area (Å²) in [7, 11) is 1.59. The Bertz CT molecular complexity index is 1310. The molecule has 36 heavy (non-hydrogen) atoms. The van der Waals surface area contributed by atoms with Crippen LogP contribution in [0.4, 0.5) is 0 Å². The van der Waals surface area contributed by atoms with Gasteiger partial charge in [0, 0.05) is 21.1 Å². The second kappa shape index (κ2) is 9.34. The Kier molecular flexibility index (Phi) is 6.49. The van der Waals surface area contributed by atoms with Crippen LogP contribution in [0, 0.1) is 16.7 Å². The Morgan fingerprint density at radius 1 is 1.14 bits per heavy atom. The lowest BCUT2D eigenvalue weighted by Gasteiger charge is -2.32. The summed E-state index contributed by atoms with van der Waals surface area (Å²) < 4.78 is 8.07. The van der Waals surface area contributed by atoms with Gasteiger partial charge >= 0.3 is 0 Å². The summed E-state index contributed by atoms with van der Waals surface area (Å²) in [6, 6.07) is 14.8. The molecule has 7 nitrogen and oxygen atoms in total. The fourth-order valence-corrected chi connectivity index (χ4v) is 7.50. The Labute approximate surface area is 223 Å². The molecule has 1 amide bonds. The van der Waals surface area contributed by atoms with E-state index < -0.39 is 0 Å². The molecule has 2 saturated carbocycles. The molecule has 2 bridgehead atoms. The number of carbonyl (C=O) groups excluding carboxylic acids is 2. The molecule has 9 heteroatoms. The van der Waals surface area contributed by atoms with Crippen molar-refractivity contribution in [2.75, 3.05) is 7.11 Å². The van der Waals surface area contributed by atoms with E-state index in [9.17, 15) is 9.59 Å². The smallest absolute Gasteiger partial charge is 0.251 e. The van der Waals surface area contributed by atoms with Crippen LogP contribution in [0.1, 0.15) is 49.8 Å². The lowest BCUT2D eigenvalue weighted by molar-refractivity contribution is -0.127. The summed E-state index contributed by atoms with van der Waals surface area (Å²) >= 11 is 5.00. The predicted molar refractivity (Wildman–Crippen MR) is 142 cm³/mol. The molecule has 2 aliphatic carbocycles. The van der Waals surface area contributed by atoms with Crippen molar-refractivity contribution >= 4 is 39.4 Å². The predicted octanol–water partition coefficient (Wildman–Crippen LogP) is 5.45. The van der Waals surface area contributed by atoms with Crippen LogP contribution < -0.4 is 10.1 Å². The first-order chi connectivity index (χ1) is 17.2. The van der Waals surface area contributed by atoms with Gasteiger partial charge in [-0.3, -0.25) is 14.2 Å². The van der Waals surface area contributed by atoms with Gasteiger partial charge < -0.3 is 10.1 Å². The number of fused-ring (bicyclic) bond motifs is 2. The summed E-state index contributed by atoms with van der Waals surface area (Å²) in [5.74, 6) is 1.69. The fraction of sp³-hybridized carbons (Fsp3) is 0.407. The number of halogens is 1. The van der Waals surface area contributed by atoms with Gasteiger partial charge in [-0.15, -0.1) is 10.2 Å². The summed E-state index contributed by atoms with van der Waals surface area (Å²) in [6.07, 6.45) is 1.99. The zero-order chi connectivity index (χ0) is 25.7. The Morgan fingerprint density at radius 3 is 2.44 bits per heavy atom. The second-order valence-corrected chi connectivity index (χ2v) is 12.2. The number of nitrogens with zero attached hydrogens (tertiary/aromatic N) is 3. The zero-order valence-electron chi connectivity index (χ0n) is 20.7. The monoisotopic (exact) mass is 568 g/mol. The highest BCUT2D eigenvalue weighted by atomic mass is 79.9. The third kappa shape index (κ3) is 4.06. The number of thioether (sulfide) groups is 1. The Hall–Kier alpha value is -2.65. The number of ketones is 1. The highest BCUT2D eigenvalue weighted by molar-refractivity contribution is 9.10. The van der Waals surface area contributed by atoms with Crippen LogP contribution in [0.2, 0.25) is 0 Å². The van der Waals surface area contributed by atoms with Crippen molar-refractivity contribution in [3.63, 3.8) is 0 Å². The molecular weight excluding hydrogens is 540 g/mol. The van der Waals surface area contributed by atoms with Crippen LogP contribution in [0.15, 0.2) is 58.2 Å². The lowest BCUT2D eigenvalue weighted by Crippen LogP contribution is -2.34. The number of ether oxygens (including phenoxy) is 1. The van der Waals surface area contributed by atoms with Crippen LogP contribution in [0.25, 0.3) is 5.69 Å². The standard InChI is InChI=1S/C27H29BrN4O3S/c1-26(2)20-13-14-27(26,3)23(33)22(20)36-25-31-30-21(32(25)18-9-7-17(28)8-10-18)15-29-24(34)16-5-11-19(35-4)12-6-16/h5-12,20,22H,13-15H2,1-4H3,(H,29,34). The van der Waals surface area contributed by atoms with Crippen LogP contribution in [0.5, 0.6) is 5.75 Å². The number of amides is 1. The number of benzene rings is 2. The maximum atomic E-state index is 13.5. The van der Waals surface area contributed by atoms with E-state index in [-0.39, 0.29) is 28.5 Å². The van der Waals surface area contributed by atoms with Crippen LogP contribution in [-0.4, -0.2) is 38.8 Å². The molecule has 0 radical (unpaired) electrons. The fourth-order valence-electron chi connectivity index (χ4n) is 5.60. The van der Waals surface area contributed by atoms with Gasteiger partial charge in [0.1, 0.15) is 5.75 Å². The molecular formula is C27H29BrN4O3S. The summed E-state index contributed by atoms with van der Waals surface area (Å²) in [5.41, 5.74) is 1.07. The molecule has 5 rings (SSSR count). The van der Waals surface area contributed by atoms with Gasteiger partial charge in [0.2, 0.25) is 0 Å². The van der Waals surface area contributed by atoms with Crippen molar-refractivity contribution < 1.29 is 14.3 Å². The van der Waals surface area contributed by atoms with Crippen molar-refractivity contribution in [1.82, 2.24) is 20.1 Å². The SMILES string of the molecule is COc1ccc(C(=O)NCc2nnc(SC3C(=O)C4(C)CCC3C4(C)C)n2-c2ccc(Br)cc2)cc1. The van der Waals surface area contributed by atoms with Gasteiger partial charge in [-0.25, -0.2) is 0 Å². The summed E-state index contributed by atoms with van der Waals surface area (Å²) in [5, 5.41) is 12.4. The van der Waals surface area contributed by atoms with Crippen LogP contribution in [0.3, 0.4) is 0 Å². The molecule has 2 aliphatic rings. The normalized spacial score (nSPS) is 24.2. The first kappa shape index (κ1) is 25.0. The van der Waals surface area contributed by atoms with E-state index in [1.807, 2.05) is 28.8 Å². The molecule has 0 spiro atoms. The molecule has 1 aromatic heterocycles. The minimum absolute atomic E-state index is 0.0423. The molecule has 0 saturated heterocycles. The van der Waals surface area contributed by atoms with Gasteiger partial charge in [0.05, 0.1) is 18.9 Å². The number of hydrogen-bond donors (Lipinski definition) is 1. The van der Waals surface area contributed by atoms with Crippen molar-refractivity contribution in [2.45, 2.75) is 50.6 Å². The molecule has 2 aromatic carbocycles. The molecule has 3 aromatic rings. The topological polar surface area (TPSA) is 86.1 Å². The zero-order valence-corrected chi connectivity index (χ0v) is 23.1. The largest absolute Gasteiger partial charge is 0.497 e. The van der Waals surface area contributed by atoms with Crippen molar-refractivity contribution in [3.8, 4) is 11.4 Å². The molecule has 3 atom stereocenters. The molecule has 1 heterocycles. The molecule has 188 valence electrons. The number of hydrogen-bond acceptors (Lipinski definition) is 6. The molecule has 2 fully saturated rings. The van der Waals surface area contributed by atoms with Crippen LogP contribution in [-0.2, 0) is 11.3 Å². The van der Waals surface area contributed by atoms with E-state index in [1.54, 1.807) is 31.4 Å². The number of rotatable bonds is 7. The van der Waals surface area contributed by atoms with Crippen molar-refractivity contribution in [3.05, 3.63) is 64.4 Å². The van der Waals surface area contributed by atoms with Gasteiger partial charge in [-0.1, -0.05) is 48.5 Å². The quantitative estimate of drug-likeness (QED) is 0.407. The number of aromatic nitrogens is 3. The van der Waals surface area contributed by atoms with Crippen molar-refractivity contribution in [1.29, 1.82) is 0 Å². The number of carbonyl (C=O) groups is 2. The highest BCUT2D eigenvalue weighted by Gasteiger charge is 2.66. The van der Waals surface area contributed by atoms with E-state index >= 15 is 0 Å².